The molecule has 25 heavy (non-hydrogen) atoms. The van der Waals surface area contributed by atoms with Crippen LogP contribution in [-0.2, 0) is 16.1 Å². The van der Waals surface area contributed by atoms with Gasteiger partial charge in [-0.2, -0.15) is 0 Å². The van der Waals surface area contributed by atoms with Crippen molar-refractivity contribution in [1.82, 2.24) is 15.5 Å². The quantitative estimate of drug-likeness (QED) is 0.423. The molecule has 1 aromatic rings. The van der Waals surface area contributed by atoms with E-state index in [1.807, 2.05) is 18.2 Å². The van der Waals surface area contributed by atoms with Crippen molar-refractivity contribution in [3.8, 4) is 0 Å². The van der Waals surface area contributed by atoms with Crippen molar-refractivity contribution < 1.29 is 9.47 Å². The van der Waals surface area contributed by atoms with E-state index >= 15 is 0 Å². The van der Waals surface area contributed by atoms with Crippen molar-refractivity contribution in [3.05, 3.63) is 35.9 Å². The van der Waals surface area contributed by atoms with Crippen molar-refractivity contribution in [2.75, 3.05) is 53.0 Å². The Morgan fingerprint density at radius 1 is 1.20 bits per heavy atom. The molecule has 0 aliphatic carbocycles. The summed E-state index contributed by atoms with van der Waals surface area (Å²) in [5.74, 6) is 0.810. The fourth-order valence-electron chi connectivity index (χ4n) is 2.81. The van der Waals surface area contributed by atoms with E-state index in [4.69, 9.17) is 9.47 Å². The second-order valence-corrected chi connectivity index (χ2v) is 6.80. The van der Waals surface area contributed by atoms with Gasteiger partial charge in [-0.15, -0.1) is 0 Å². The molecule has 0 unspecified atom stereocenters. The van der Waals surface area contributed by atoms with Crippen molar-refractivity contribution in [3.63, 3.8) is 0 Å². The van der Waals surface area contributed by atoms with Gasteiger partial charge in [0.25, 0.3) is 0 Å². The van der Waals surface area contributed by atoms with Crippen molar-refractivity contribution in [1.29, 1.82) is 0 Å². The molecule has 2 N–H and O–H groups in total. The van der Waals surface area contributed by atoms with Gasteiger partial charge in [0.05, 0.1) is 26.4 Å². The van der Waals surface area contributed by atoms with E-state index in [0.29, 0.717) is 13.2 Å². The fourth-order valence-corrected chi connectivity index (χ4v) is 2.81. The Morgan fingerprint density at radius 3 is 2.60 bits per heavy atom. The molecule has 0 bridgehead atoms. The molecule has 0 atom stereocenters. The number of ether oxygens (including phenoxy) is 2. The topological polar surface area (TPSA) is 58.1 Å². The lowest BCUT2D eigenvalue weighted by Gasteiger charge is -2.41. The highest BCUT2D eigenvalue weighted by atomic mass is 16.5. The van der Waals surface area contributed by atoms with E-state index in [1.165, 1.54) is 5.56 Å². The monoisotopic (exact) mass is 348 g/mol. The number of benzene rings is 1. The van der Waals surface area contributed by atoms with Crippen LogP contribution in [0.2, 0.25) is 0 Å². The van der Waals surface area contributed by atoms with Gasteiger partial charge in [-0.25, -0.2) is 0 Å². The van der Waals surface area contributed by atoms with Gasteiger partial charge in [-0.3, -0.25) is 9.89 Å². The average Bonchev–Trinajstić information content (AvgIpc) is 2.65. The van der Waals surface area contributed by atoms with Crippen LogP contribution in [0.5, 0.6) is 0 Å². The SMILES string of the molecule is CN=C(NCCOCc1ccccc1)NCC(C)(C)N1CCOCC1. The predicted octanol–water partition coefficient (Wildman–Crippen LogP) is 1.48. The van der Waals surface area contributed by atoms with E-state index in [2.05, 4.69) is 46.5 Å². The van der Waals surface area contributed by atoms with Gasteiger partial charge in [0.2, 0.25) is 0 Å². The zero-order chi connectivity index (χ0) is 18.0. The van der Waals surface area contributed by atoms with Crippen LogP contribution in [0, 0.1) is 0 Å². The number of rotatable bonds is 8. The molecule has 140 valence electrons. The molecular formula is C19H32N4O2. The van der Waals surface area contributed by atoms with Crippen molar-refractivity contribution in [2.45, 2.75) is 26.0 Å². The van der Waals surface area contributed by atoms with Gasteiger partial charge in [-0.05, 0) is 19.4 Å². The Labute approximate surface area is 151 Å². The van der Waals surface area contributed by atoms with Crippen LogP contribution in [0.25, 0.3) is 0 Å². The van der Waals surface area contributed by atoms with Crippen molar-refractivity contribution >= 4 is 5.96 Å². The van der Waals surface area contributed by atoms with Crippen molar-refractivity contribution in [2.24, 2.45) is 4.99 Å². The molecule has 0 amide bonds. The maximum atomic E-state index is 5.69. The summed E-state index contributed by atoms with van der Waals surface area (Å²) < 4.78 is 11.1. The number of guanidine groups is 1. The van der Waals surface area contributed by atoms with Crippen LogP contribution in [0.15, 0.2) is 35.3 Å². The summed E-state index contributed by atoms with van der Waals surface area (Å²) in [5, 5.41) is 6.72. The van der Waals surface area contributed by atoms with Gasteiger partial charge in [0.15, 0.2) is 5.96 Å². The lowest BCUT2D eigenvalue weighted by Crippen LogP contribution is -2.56. The molecule has 6 nitrogen and oxygen atoms in total. The van der Waals surface area contributed by atoms with Crippen LogP contribution >= 0.6 is 0 Å². The number of hydrogen-bond donors (Lipinski definition) is 2. The molecule has 1 aliphatic heterocycles. The van der Waals surface area contributed by atoms with E-state index in [9.17, 15) is 0 Å². The fraction of sp³-hybridized carbons (Fsp3) is 0.632. The third-order valence-corrected chi connectivity index (χ3v) is 4.43. The van der Waals surface area contributed by atoms with E-state index in [0.717, 1.165) is 45.4 Å². The minimum absolute atomic E-state index is 0.0607. The van der Waals surface area contributed by atoms with Crippen LogP contribution < -0.4 is 10.6 Å². The smallest absolute Gasteiger partial charge is 0.191 e. The summed E-state index contributed by atoms with van der Waals surface area (Å²) in [7, 11) is 1.79. The highest BCUT2D eigenvalue weighted by molar-refractivity contribution is 5.79. The predicted molar refractivity (Wildman–Crippen MR) is 102 cm³/mol. The first-order chi connectivity index (χ1) is 12.1. The summed E-state index contributed by atoms with van der Waals surface area (Å²) in [4.78, 5) is 6.75. The molecule has 0 spiro atoms. The highest BCUT2D eigenvalue weighted by Gasteiger charge is 2.28. The average molecular weight is 348 g/mol. The summed E-state index contributed by atoms with van der Waals surface area (Å²) in [5.41, 5.74) is 1.25. The lowest BCUT2D eigenvalue weighted by atomic mass is 10.0. The highest BCUT2D eigenvalue weighted by Crippen LogP contribution is 2.14. The molecule has 1 aliphatic rings. The summed E-state index contributed by atoms with van der Waals surface area (Å²) in [6.07, 6.45) is 0. The maximum Gasteiger partial charge on any atom is 0.191 e. The second kappa shape index (κ2) is 10.4. The summed E-state index contributed by atoms with van der Waals surface area (Å²) >= 11 is 0. The molecule has 6 heteroatoms. The molecule has 0 radical (unpaired) electrons. The van der Waals surface area contributed by atoms with E-state index in [1.54, 1.807) is 7.05 Å². The molecule has 1 saturated heterocycles. The van der Waals surface area contributed by atoms with Crippen LogP contribution in [0.4, 0.5) is 0 Å². The number of nitrogens with zero attached hydrogens (tertiary/aromatic N) is 2. The largest absolute Gasteiger partial charge is 0.379 e. The first-order valence-corrected chi connectivity index (χ1v) is 9.01. The van der Waals surface area contributed by atoms with Gasteiger partial charge >= 0.3 is 0 Å². The molecule has 1 aromatic carbocycles. The Bertz CT molecular complexity index is 513. The molecule has 1 heterocycles. The molecular weight excluding hydrogens is 316 g/mol. The maximum absolute atomic E-state index is 5.69. The van der Waals surface area contributed by atoms with Crippen LogP contribution in [0.1, 0.15) is 19.4 Å². The van der Waals surface area contributed by atoms with Crippen LogP contribution in [-0.4, -0.2) is 69.4 Å². The second-order valence-electron chi connectivity index (χ2n) is 6.80. The minimum Gasteiger partial charge on any atom is -0.379 e. The van der Waals surface area contributed by atoms with Gasteiger partial charge in [0, 0.05) is 38.8 Å². The summed E-state index contributed by atoms with van der Waals surface area (Å²) in [6.45, 7) is 10.9. The number of morpholine rings is 1. The first-order valence-electron chi connectivity index (χ1n) is 9.01. The summed E-state index contributed by atoms with van der Waals surface area (Å²) in [6, 6.07) is 10.2. The molecule has 2 rings (SSSR count). The van der Waals surface area contributed by atoms with E-state index < -0.39 is 0 Å². The molecule has 0 aromatic heterocycles. The number of nitrogens with one attached hydrogen (secondary N) is 2. The zero-order valence-corrected chi connectivity index (χ0v) is 15.8. The number of hydrogen-bond acceptors (Lipinski definition) is 4. The Morgan fingerprint density at radius 2 is 1.92 bits per heavy atom. The third-order valence-electron chi connectivity index (χ3n) is 4.43. The minimum atomic E-state index is 0.0607. The van der Waals surface area contributed by atoms with Gasteiger partial charge in [-0.1, -0.05) is 30.3 Å². The zero-order valence-electron chi connectivity index (χ0n) is 15.8. The Kier molecular flexibility index (Phi) is 8.18. The van der Waals surface area contributed by atoms with Gasteiger partial charge in [0.1, 0.15) is 0 Å². The third kappa shape index (κ3) is 7.02. The Hall–Kier alpha value is -1.63. The standard InChI is InChI=1S/C19H32N4O2/c1-19(2,23-10-13-24-14-11-23)16-22-18(20-3)21-9-12-25-15-17-7-5-4-6-8-17/h4-8H,9-16H2,1-3H3,(H2,20,21,22). The first kappa shape index (κ1) is 19.7. The van der Waals surface area contributed by atoms with E-state index in [-0.39, 0.29) is 5.54 Å². The lowest BCUT2D eigenvalue weighted by molar-refractivity contribution is -0.00834. The molecule has 0 saturated carbocycles. The van der Waals surface area contributed by atoms with Crippen LogP contribution in [0.3, 0.4) is 0 Å². The molecule has 1 fully saturated rings. The normalized spacial score (nSPS) is 16.7. The number of aliphatic imine (C=N–C) groups is 1. The Balaban J connectivity index is 1.63. The van der Waals surface area contributed by atoms with Gasteiger partial charge < -0.3 is 20.1 Å².